The zero-order valence-electron chi connectivity index (χ0n) is 15.6. The maximum Gasteiger partial charge on any atom is 0.407 e. The monoisotopic (exact) mass is 405 g/mol. The predicted molar refractivity (Wildman–Crippen MR) is 110 cm³/mol. The van der Waals surface area contributed by atoms with Crippen molar-refractivity contribution in [2.45, 2.75) is 26.4 Å². The van der Waals surface area contributed by atoms with Crippen molar-refractivity contribution in [3.8, 4) is 17.9 Å². The van der Waals surface area contributed by atoms with Crippen LogP contribution in [0.5, 0.6) is 0 Å². The van der Waals surface area contributed by atoms with Gasteiger partial charge in [0, 0.05) is 41.6 Å². The molecule has 0 aliphatic rings. The Bertz CT molecular complexity index is 726. The van der Waals surface area contributed by atoms with E-state index >= 15 is 0 Å². The normalized spacial score (nSPS) is 10.1. The summed E-state index contributed by atoms with van der Waals surface area (Å²) in [5.74, 6) is 6.35. The number of amides is 2. The molecular formula is C19H23N3O3S2. The highest BCUT2D eigenvalue weighted by Gasteiger charge is 2.15. The van der Waals surface area contributed by atoms with E-state index in [1.807, 2.05) is 20.8 Å². The molecule has 2 amide bonds. The SMILES string of the molecule is CC(C)(C)OC(=O)NCCSSCCNC(=O)c1ccc(C#CC#N)cc1. The average Bonchev–Trinajstić information content (AvgIpc) is 2.61. The molecule has 2 N–H and O–H groups in total. The number of hydrogen-bond donors (Lipinski definition) is 2. The highest BCUT2D eigenvalue weighted by Crippen LogP contribution is 2.19. The van der Waals surface area contributed by atoms with E-state index in [0.29, 0.717) is 24.2 Å². The summed E-state index contributed by atoms with van der Waals surface area (Å²) in [7, 11) is 3.25. The molecule has 1 aromatic rings. The van der Waals surface area contributed by atoms with Gasteiger partial charge < -0.3 is 15.4 Å². The van der Waals surface area contributed by atoms with Crippen molar-refractivity contribution in [1.29, 1.82) is 5.26 Å². The molecule has 1 rings (SSSR count). The largest absolute Gasteiger partial charge is 0.444 e. The summed E-state index contributed by atoms with van der Waals surface area (Å²) in [5.41, 5.74) is 0.755. The fourth-order valence-electron chi connectivity index (χ4n) is 1.74. The van der Waals surface area contributed by atoms with Gasteiger partial charge in [-0.15, -0.1) is 0 Å². The molecular weight excluding hydrogens is 382 g/mol. The summed E-state index contributed by atoms with van der Waals surface area (Å²) in [6, 6.07) is 8.53. The summed E-state index contributed by atoms with van der Waals surface area (Å²) in [6.45, 7) is 6.54. The summed E-state index contributed by atoms with van der Waals surface area (Å²) < 4.78 is 5.14. The summed E-state index contributed by atoms with van der Waals surface area (Å²) in [5, 5.41) is 13.9. The first-order chi connectivity index (χ1) is 12.8. The van der Waals surface area contributed by atoms with Crippen molar-refractivity contribution >= 4 is 33.6 Å². The van der Waals surface area contributed by atoms with Crippen molar-refractivity contribution in [2.24, 2.45) is 0 Å². The molecule has 0 saturated carbocycles. The van der Waals surface area contributed by atoms with Crippen LogP contribution in [0.25, 0.3) is 0 Å². The molecule has 0 heterocycles. The van der Waals surface area contributed by atoms with E-state index in [2.05, 4.69) is 22.5 Å². The third-order valence-electron chi connectivity index (χ3n) is 2.82. The fourth-order valence-corrected chi connectivity index (χ4v) is 3.55. The highest BCUT2D eigenvalue weighted by atomic mass is 33.1. The van der Waals surface area contributed by atoms with E-state index < -0.39 is 11.7 Å². The first-order valence-corrected chi connectivity index (χ1v) is 10.8. The minimum Gasteiger partial charge on any atom is -0.444 e. The van der Waals surface area contributed by atoms with Crippen LogP contribution in [0.15, 0.2) is 24.3 Å². The molecule has 0 aromatic heterocycles. The van der Waals surface area contributed by atoms with Crippen LogP contribution in [0, 0.1) is 23.2 Å². The zero-order chi connectivity index (χ0) is 20.1. The molecule has 1 aromatic carbocycles. The minimum absolute atomic E-state index is 0.146. The number of carbonyl (C=O) groups excluding carboxylic acids is 2. The van der Waals surface area contributed by atoms with E-state index in [4.69, 9.17) is 10.00 Å². The molecule has 0 aliphatic carbocycles. The number of nitrogens with zero attached hydrogens (tertiary/aromatic N) is 1. The van der Waals surface area contributed by atoms with Gasteiger partial charge in [0.05, 0.1) is 0 Å². The number of alkyl carbamates (subject to hydrolysis) is 1. The molecule has 0 unspecified atom stereocenters. The summed E-state index contributed by atoms with van der Waals surface area (Å²) in [4.78, 5) is 23.5. The minimum atomic E-state index is -0.492. The van der Waals surface area contributed by atoms with E-state index in [1.165, 1.54) is 0 Å². The lowest BCUT2D eigenvalue weighted by atomic mass is 10.1. The van der Waals surface area contributed by atoms with Gasteiger partial charge in [0.25, 0.3) is 5.91 Å². The molecule has 0 saturated heterocycles. The van der Waals surface area contributed by atoms with Crippen LogP contribution >= 0.6 is 21.6 Å². The third-order valence-corrected chi connectivity index (χ3v) is 5.23. The lowest BCUT2D eigenvalue weighted by Gasteiger charge is -2.19. The van der Waals surface area contributed by atoms with E-state index in [1.54, 1.807) is 51.9 Å². The number of nitrogens with one attached hydrogen (secondary N) is 2. The molecule has 144 valence electrons. The second-order valence-electron chi connectivity index (χ2n) is 6.27. The molecule has 8 heteroatoms. The molecule has 27 heavy (non-hydrogen) atoms. The van der Waals surface area contributed by atoms with Crippen molar-refractivity contribution in [3.63, 3.8) is 0 Å². The van der Waals surface area contributed by atoms with E-state index in [-0.39, 0.29) is 5.91 Å². The Morgan fingerprint density at radius 1 is 1.07 bits per heavy atom. The highest BCUT2D eigenvalue weighted by molar-refractivity contribution is 8.76. The molecule has 0 aliphatic heterocycles. The smallest absolute Gasteiger partial charge is 0.407 e. The van der Waals surface area contributed by atoms with Crippen molar-refractivity contribution in [3.05, 3.63) is 35.4 Å². The first-order valence-electron chi connectivity index (χ1n) is 8.31. The standard InChI is InChI=1S/C19H23N3O3S2/c1-19(2,3)25-18(24)22-12-14-27-26-13-11-21-17(23)16-8-6-15(7-9-16)5-4-10-20/h6-9H,11-14H2,1-3H3,(H,21,23)(H,22,24). The molecule has 0 radical (unpaired) electrons. The van der Waals surface area contributed by atoms with Gasteiger partial charge in [-0.05, 0) is 45.0 Å². The van der Waals surface area contributed by atoms with Gasteiger partial charge in [-0.2, -0.15) is 5.26 Å². The van der Waals surface area contributed by atoms with Crippen LogP contribution in [0.1, 0.15) is 36.7 Å². The lowest BCUT2D eigenvalue weighted by molar-refractivity contribution is 0.0531. The molecule has 6 nitrogen and oxygen atoms in total. The Labute approximate surface area is 168 Å². The zero-order valence-corrected chi connectivity index (χ0v) is 17.3. The first kappa shape index (κ1) is 22.8. The van der Waals surface area contributed by atoms with Crippen LogP contribution < -0.4 is 10.6 Å². The number of nitriles is 1. The van der Waals surface area contributed by atoms with Gasteiger partial charge in [-0.3, -0.25) is 4.79 Å². The molecule has 0 bridgehead atoms. The van der Waals surface area contributed by atoms with Gasteiger partial charge in [-0.1, -0.05) is 27.5 Å². The maximum absolute atomic E-state index is 12.0. The Balaban J connectivity index is 2.12. The molecule has 0 spiro atoms. The third kappa shape index (κ3) is 11.1. The number of ether oxygens (including phenoxy) is 1. The predicted octanol–water partition coefficient (Wildman–Crippen LogP) is 3.20. The van der Waals surface area contributed by atoms with Crippen LogP contribution in [-0.2, 0) is 4.74 Å². The number of benzene rings is 1. The number of carbonyl (C=O) groups is 2. The quantitative estimate of drug-likeness (QED) is 0.392. The molecule has 0 fully saturated rings. The topological polar surface area (TPSA) is 91.2 Å². The van der Waals surface area contributed by atoms with Crippen molar-refractivity contribution < 1.29 is 14.3 Å². The van der Waals surface area contributed by atoms with Crippen LogP contribution in [-0.4, -0.2) is 42.2 Å². The Morgan fingerprint density at radius 2 is 1.67 bits per heavy atom. The van der Waals surface area contributed by atoms with Crippen LogP contribution in [0.3, 0.4) is 0 Å². The Kier molecular flexibility index (Phi) is 10.2. The Morgan fingerprint density at radius 3 is 2.22 bits per heavy atom. The fraction of sp³-hybridized carbons (Fsp3) is 0.421. The lowest BCUT2D eigenvalue weighted by Crippen LogP contribution is -2.33. The summed E-state index contributed by atoms with van der Waals surface area (Å²) >= 11 is 0. The summed E-state index contributed by atoms with van der Waals surface area (Å²) in [6.07, 6.45) is -0.412. The second kappa shape index (κ2) is 12.2. The van der Waals surface area contributed by atoms with Gasteiger partial charge in [0.2, 0.25) is 0 Å². The van der Waals surface area contributed by atoms with E-state index in [0.717, 1.165) is 11.5 Å². The Hall–Kier alpha value is -2.29. The van der Waals surface area contributed by atoms with Gasteiger partial charge in [-0.25, -0.2) is 4.79 Å². The van der Waals surface area contributed by atoms with Crippen molar-refractivity contribution in [2.75, 3.05) is 24.6 Å². The van der Waals surface area contributed by atoms with Crippen LogP contribution in [0.2, 0.25) is 0 Å². The number of rotatable bonds is 8. The van der Waals surface area contributed by atoms with Crippen LogP contribution in [0.4, 0.5) is 4.79 Å². The van der Waals surface area contributed by atoms with Gasteiger partial charge in [0.1, 0.15) is 5.60 Å². The van der Waals surface area contributed by atoms with Crippen molar-refractivity contribution in [1.82, 2.24) is 10.6 Å². The molecule has 0 atom stereocenters. The van der Waals surface area contributed by atoms with E-state index in [9.17, 15) is 9.59 Å². The average molecular weight is 406 g/mol. The van der Waals surface area contributed by atoms with Gasteiger partial charge in [0.15, 0.2) is 6.07 Å². The van der Waals surface area contributed by atoms with Gasteiger partial charge >= 0.3 is 6.09 Å². The maximum atomic E-state index is 12.0. The second-order valence-corrected chi connectivity index (χ2v) is 8.97. The number of hydrogen-bond acceptors (Lipinski definition) is 6.